The molecule has 1 aromatic heterocycles. The van der Waals surface area contributed by atoms with Crippen molar-refractivity contribution < 1.29 is 0 Å². The van der Waals surface area contributed by atoms with E-state index in [2.05, 4.69) is 49.3 Å². The van der Waals surface area contributed by atoms with Crippen LogP contribution in [-0.2, 0) is 6.42 Å². The van der Waals surface area contributed by atoms with Gasteiger partial charge in [0.25, 0.3) is 0 Å². The fourth-order valence-electron chi connectivity index (χ4n) is 3.83. The van der Waals surface area contributed by atoms with Crippen molar-refractivity contribution in [2.45, 2.75) is 72.3 Å². The second kappa shape index (κ2) is 7.88. The zero-order chi connectivity index (χ0) is 15.2. The molecule has 1 aliphatic carbocycles. The van der Waals surface area contributed by atoms with E-state index in [-0.39, 0.29) is 0 Å². The molecule has 118 valence electrons. The van der Waals surface area contributed by atoms with Crippen LogP contribution in [0.3, 0.4) is 0 Å². The maximum Gasteiger partial charge on any atom is 0.0676 e. The SMILES string of the molecule is CCNC(c1cc(C)nnc1CC)C1CCCC(CC)C1. The van der Waals surface area contributed by atoms with Crippen LogP contribution in [0.2, 0.25) is 0 Å². The van der Waals surface area contributed by atoms with Crippen LogP contribution >= 0.6 is 0 Å². The van der Waals surface area contributed by atoms with Crippen molar-refractivity contribution >= 4 is 0 Å². The molecule has 1 fully saturated rings. The molecule has 0 aliphatic heterocycles. The number of hydrogen-bond acceptors (Lipinski definition) is 3. The van der Waals surface area contributed by atoms with E-state index in [4.69, 9.17) is 0 Å². The minimum absolute atomic E-state index is 0.452. The number of nitrogens with zero attached hydrogens (tertiary/aromatic N) is 2. The van der Waals surface area contributed by atoms with E-state index in [1.54, 1.807) is 0 Å². The smallest absolute Gasteiger partial charge is 0.0676 e. The number of rotatable bonds is 6. The van der Waals surface area contributed by atoms with Gasteiger partial charge in [0, 0.05) is 6.04 Å². The molecule has 21 heavy (non-hydrogen) atoms. The van der Waals surface area contributed by atoms with E-state index in [1.807, 2.05) is 0 Å². The summed E-state index contributed by atoms with van der Waals surface area (Å²) in [6.45, 7) is 9.80. The van der Waals surface area contributed by atoms with Gasteiger partial charge in [-0.3, -0.25) is 0 Å². The highest BCUT2D eigenvalue weighted by molar-refractivity contribution is 5.25. The monoisotopic (exact) mass is 289 g/mol. The third-order valence-electron chi connectivity index (χ3n) is 4.99. The highest BCUT2D eigenvalue weighted by Gasteiger charge is 2.30. The van der Waals surface area contributed by atoms with Gasteiger partial charge in [-0.05, 0) is 56.2 Å². The minimum Gasteiger partial charge on any atom is -0.310 e. The lowest BCUT2D eigenvalue weighted by atomic mass is 9.75. The fourth-order valence-corrected chi connectivity index (χ4v) is 3.83. The van der Waals surface area contributed by atoms with Crippen molar-refractivity contribution in [3.63, 3.8) is 0 Å². The molecule has 1 aliphatic rings. The molecule has 1 N–H and O–H groups in total. The Morgan fingerprint density at radius 2 is 2.05 bits per heavy atom. The van der Waals surface area contributed by atoms with Gasteiger partial charge in [-0.2, -0.15) is 10.2 Å². The molecular formula is C18H31N3. The maximum atomic E-state index is 4.44. The van der Waals surface area contributed by atoms with E-state index >= 15 is 0 Å². The molecule has 1 heterocycles. The summed E-state index contributed by atoms with van der Waals surface area (Å²) < 4.78 is 0. The highest BCUT2D eigenvalue weighted by Crippen LogP contribution is 2.39. The summed E-state index contributed by atoms with van der Waals surface area (Å²) in [7, 11) is 0. The Morgan fingerprint density at radius 1 is 1.24 bits per heavy atom. The first-order chi connectivity index (χ1) is 10.2. The first-order valence-corrected chi connectivity index (χ1v) is 8.75. The molecule has 3 unspecified atom stereocenters. The van der Waals surface area contributed by atoms with Crippen molar-refractivity contribution in [3.05, 3.63) is 23.0 Å². The molecule has 0 amide bonds. The standard InChI is InChI=1S/C18H31N3/c1-5-14-9-8-10-15(12-14)18(19-7-3)16-11-13(4)20-21-17(16)6-2/h11,14-15,18-19H,5-10,12H2,1-4H3. The van der Waals surface area contributed by atoms with Gasteiger partial charge >= 0.3 is 0 Å². The maximum absolute atomic E-state index is 4.44. The average Bonchev–Trinajstić information content (AvgIpc) is 2.52. The first-order valence-electron chi connectivity index (χ1n) is 8.75. The second-order valence-corrected chi connectivity index (χ2v) is 6.48. The van der Waals surface area contributed by atoms with Crippen LogP contribution in [0, 0.1) is 18.8 Å². The van der Waals surface area contributed by atoms with Crippen LogP contribution in [0.25, 0.3) is 0 Å². The predicted molar refractivity (Wildman–Crippen MR) is 88.3 cm³/mol. The van der Waals surface area contributed by atoms with Gasteiger partial charge in [-0.1, -0.05) is 40.0 Å². The van der Waals surface area contributed by atoms with Crippen LogP contribution in [0.1, 0.15) is 75.9 Å². The van der Waals surface area contributed by atoms with Crippen LogP contribution in [0.15, 0.2) is 6.07 Å². The summed E-state index contributed by atoms with van der Waals surface area (Å²) in [5.74, 6) is 1.66. The number of aryl methyl sites for hydroxylation is 2. The molecule has 2 rings (SSSR count). The Labute approximate surface area is 129 Å². The largest absolute Gasteiger partial charge is 0.310 e. The van der Waals surface area contributed by atoms with E-state index in [0.29, 0.717) is 6.04 Å². The van der Waals surface area contributed by atoms with Gasteiger partial charge in [-0.25, -0.2) is 0 Å². The Hall–Kier alpha value is -0.960. The Kier molecular flexibility index (Phi) is 6.16. The lowest BCUT2D eigenvalue weighted by molar-refractivity contribution is 0.209. The van der Waals surface area contributed by atoms with Gasteiger partial charge in [-0.15, -0.1) is 0 Å². The van der Waals surface area contributed by atoms with Crippen molar-refractivity contribution in [1.29, 1.82) is 0 Å². The van der Waals surface area contributed by atoms with Crippen LogP contribution in [0.5, 0.6) is 0 Å². The number of hydrogen-bond donors (Lipinski definition) is 1. The fraction of sp³-hybridized carbons (Fsp3) is 0.778. The quantitative estimate of drug-likeness (QED) is 0.852. The Balaban J connectivity index is 2.27. The second-order valence-electron chi connectivity index (χ2n) is 6.48. The van der Waals surface area contributed by atoms with Crippen molar-refractivity contribution in [2.75, 3.05) is 6.54 Å². The molecule has 0 saturated heterocycles. The van der Waals surface area contributed by atoms with Gasteiger partial charge < -0.3 is 5.32 Å². The Bertz CT molecular complexity index is 444. The highest BCUT2D eigenvalue weighted by atomic mass is 15.1. The van der Waals surface area contributed by atoms with E-state index < -0.39 is 0 Å². The van der Waals surface area contributed by atoms with Crippen LogP contribution in [0.4, 0.5) is 0 Å². The molecule has 0 aromatic carbocycles. The average molecular weight is 289 g/mol. The molecule has 0 spiro atoms. The normalized spacial score (nSPS) is 24.0. The first kappa shape index (κ1) is 16.4. The lowest BCUT2D eigenvalue weighted by Gasteiger charge is -2.35. The number of aromatic nitrogens is 2. The molecular weight excluding hydrogens is 258 g/mol. The summed E-state index contributed by atoms with van der Waals surface area (Å²) in [6, 6.07) is 2.71. The van der Waals surface area contributed by atoms with Crippen molar-refractivity contribution in [3.8, 4) is 0 Å². The van der Waals surface area contributed by atoms with Crippen molar-refractivity contribution in [1.82, 2.24) is 15.5 Å². The summed E-state index contributed by atoms with van der Waals surface area (Å²) in [6.07, 6.45) is 7.79. The topological polar surface area (TPSA) is 37.8 Å². The minimum atomic E-state index is 0.452. The summed E-state index contributed by atoms with van der Waals surface area (Å²) in [5, 5.41) is 12.4. The van der Waals surface area contributed by atoms with Gasteiger partial charge in [0.15, 0.2) is 0 Å². The zero-order valence-corrected chi connectivity index (χ0v) is 14.2. The van der Waals surface area contributed by atoms with Crippen LogP contribution in [-0.4, -0.2) is 16.7 Å². The third kappa shape index (κ3) is 4.03. The molecule has 3 heteroatoms. The van der Waals surface area contributed by atoms with E-state index in [0.717, 1.165) is 30.5 Å². The molecule has 1 aromatic rings. The summed E-state index contributed by atoms with van der Waals surface area (Å²) in [4.78, 5) is 0. The summed E-state index contributed by atoms with van der Waals surface area (Å²) >= 11 is 0. The Morgan fingerprint density at radius 3 is 2.71 bits per heavy atom. The van der Waals surface area contributed by atoms with Crippen molar-refractivity contribution in [2.24, 2.45) is 11.8 Å². The van der Waals surface area contributed by atoms with Crippen LogP contribution < -0.4 is 5.32 Å². The van der Waals surface area contributed by atoms with Gasteiger partial charge in [0.1, 0.15) is 0 Å². The molecule has 3 nitrogen and oxygen atoms in total. The number of nitrogens with one attached hydrogen (secondary N) is 1. The predicted octanol–water partition coefficient (Wildman–Crippen LogP) is 4.21. The molecule has 0 bridgehead atoms. The van der Waals surface area contributed by atoms with E-state index in [9.17, 15) is 0 Å². The zero-order valence-electron chi connectivity index (χ0n) is 14.2. The lowest BCUT2D eigenvalue weighted by Crippen LogP contribution is -2.32. The molecule has 3 atom stereocenters. The third-order valence-corrected chi connectivity index (χ3v) is 4.99. The summed E-state index contributed by atoms with van der Waals surface area (Å²) in [5.41, 5.74) is 3.60. The van der Waals surface area contributed by atoms with Gasteiger partial charge in [0.05, 0.1) is 11.4 Å². The van der Waals surface area contributed by atoms with Gasteiger partial charge in [0.2, 0.25) is 0 Å². The van der Waals surface area contributed by atoms with E-state index in [1.165, 1.54) is 43.4 Å². The molecule has 0 radical (unpaired) electrons. The molecule has 1 saturated carbocycles.